The molecule has 2 rings (SSSR count). The molecule has 0 spiro atoms. The molecule has 0 amide bonds. The Labute approximate surface area is 98.9 Å². The van der Waals surface area contributed by atoms with Gasteiger partial charge in [-0.1, -0.05) is 6.07 Å². The van der Waals surface area contributed by atoms with E-state index in [-0.39, 0.29) is 22.6 Å². The SMILES string of the molecule is COC(=O)c1ccc2c(c1)S(=O)(=O)CCC2O. The van der Waals surface area contributed by atoms with Crippen LogP contribution in [0.5, 0.6) is 0 Å². The van der Waals surface area contributed by atoms with Crippen molar-refractivity contribution in [2.45, 2.75) is 17.4 Å². The van der Waals surface area contributed by atoms with Crippen LogP contribution in [0.3, 0.4) is 0 Å². The minimum Gasteiger partial charge on any atom is -0.465 e. The molecule has 0 aliphatic carbocycles. The molecule has 1 N–H and O–H groups in total. The van der Waals surface area contributed by atoms with Gasteiger partial charge in [0, 0.05) is 0 Å². The molecule has 1 aromatic rings. The van der Waals surface area contributed by atoms with Gasteiger partial charge in [0.05, 0.1) is 29.4 Å². The Morgan fingerprint density at radius 2 is 2.18 bits per heavy atom. The van der Waals surface area contributed by atoms with E-state index in [9.17, 15) is 18.3 Å². The van der Waals surface area contributed by atoms with E-state index in [0.717, 1.165) is 0 Å². The lowest BCUT2D eigenvalue weighted by molar-refractivity contribution is 0.0600. The van der Waals surface area contributed by atoms with E-state index >= 15 is 0 Å². The minimum absolute atomic E-state index is 0.0270. The van der Waals surface area contributed by atoms with Crippen LogP contribution in [0.2, 0.25) is 0 Å². The van der Waals surface area contributed by atoms with Gasteiger partial charge in [-0.2, -0.15) is 0 Å². The molecule has 1 heterocycles. The van der Waals surface area contributed by atoms with E-state index in [1.54, 1.807) is 0 Å². The topological polar surface area (TPSA) is 80.7 Å². The van der Waals surface area contributed by atoms with Gasteiger partial charge in [-0.25, -0.2) is 13.2 Å². The smallest absolute Gasteiger partial charge is 0.337 e. The summed E-state index contributed by atoms with van der Waals surface area (Å²) in [5.41, 5.74) is 0.521. The summed E-state index contributed by atoms with van der Waals surface area (Å²) in [5, 5.41) is 9.70. The van der Waals surface area contributed by atoms with Crippen molar-refractivity contribution in [2.75, 3.05) is 12.9 Å². The average Bonchev–Trinajstić information content (AvgIpc) is 2.33. The van der Waals surface area contributed by atoms with E-state index in [1.807, 2.05) is 0 Å². The summed E-state index contributed by atoms with van der Waals surface area (Å²) in [6, 6.07) is 4.18. The van der Waals surface area contributed by atoms with Crippen molar-refractivity contribution in [2.24, 2.45) is 0 Å². The van der Waals surface area contributed by atoms with Gasteiger partial charge < -0.3 is 9.84 Å². The number of carbonyl (C=O) groups is 1. The van der Waals surface area contributed by atoms with Crippen LogP contribution in [0, 0.1) is 0 Å². The highest BCUT2D eigenvalue weighted by Gasteiger charge is 2.30. The highest BCUT2D eigenvalue weighted by Crippen LogP contribution is 2.32. The third kappa shape index (κ3) is 2.05. The Bertz CT molecular complexity index is 561. The van der Waals surface area contributed by atoms with Gasteiger partial charge in [-0.3, -0.25) is 0 Å². The number of aliphatic hydroxyl groups excluding tert-OH is 1. The van der Waals surface area contributed by atoms with Gasteiger partial charge in [0.1, 0.15) is 0 Å². The summed E-state index contributed by atoms with van der Waals surface area (Å²) in [6.45, 7) is 0. The fourth-order valence-corrected chi connectivity index (χ4v) is 3.48. The second-order valence-corrected chi connectivity index (χ2v) is 5.95. The molecule has 0 radical (unpaired) electrons. The normalized spacial score (nSPS) is 21.6. The number of rotatable bonds is 1. The zero-order valence-electron chi connectivity index (χ0n) is 9.21. The Hall–Kier alpha value is -1.40. The van der Waals surface area contributed by atoms with E-state index < -0.39 is 21.9 Å². The van der Waals surface area contributed by atoms with Crippen LogP contribution >= 0.6 is 0 Å². The zero-order chi connectivity index (χ0) is 12.6. The molecule has 1 atom stereocenters. The highest BCUT2D eigenvalue weighted by atomic mass is 32.2. The lowest BCUT2D eigenvalue weighted by Crippen LogP contribution is -2.20. The first kappa shape index (κ1) is 12.1. The van der Waals surface area contributed by atoms with Crippen molar-refractivity contribution in [3.8, 4) is 0 Å². The molecule has 1 aromatic carbocycles. The molecule has 6 heteroatoms. The number of hydrogen-bond acceptors (Lipinski definition) is 5. The van der Waals surface area contributed by atoms with Gasteiger partial charge >= 0.3 is 5.97 Å². The average molecular weight is 256 g/mol. The van der Waals surface area contributed by atoms with Crippen LogP contribution in [0.1, 0.15) is 28.4 Å². The molecule has 17 heavy (non-hydrogen) atoms. The fourth-order valence-electron chi connectivity index (χ4n) is 1.86. The second-order valence-electron chi connectivity index (χ2n) is 3.87. The van der Waals surface area contributed by atoms with Gasteiger partial charge in [0.25, 0.3) is 0 Å². The van der Waals surface area contributed by atoms with E-state index in [0.29, 0.717) is 5.56 Å². The summed E-state index contributed by atoms with van der Waals surface area (Å²) in [4.78, 5) is 11.3. The van der Waals surface area contributed by atoms with E-state index in [4.69, 9.17) is 0 Å². The second kappa shape index (κ2) is 4.12. The lowest BCUT2D eigenvalue weighted by atomic mass is 10.0. The van der Waals surface area contributed by atoms with Crippen LogP contribution in [0.4, 0.5) is 0 Å². The van der Waals surface area contributed by atoms with Gasteiger partial charge in [0.15, 0.2) is 9.84 Å². The monoisotopic (exact) mass is 256 g/mol. The molecular formula is C11H12O5S. The number of fused-ring (bicyclic) bond motifs is 1. The number of methoxy groups -OCH3 is 1. The van der Waals surface area contributed by atoms with Crippen LogP contribution < -0.4 is 0 Å². The standard InChI is InChI=1S/C11H12O5S/c1-16-11(13)7-2-3-8-9(12)4-5-17(14,15)10(8)6-7/h2-3,6,9,12H,4-5H2,1H3. The van der Waals surface area contributed by atoms with Crippen LogP contribution in [-0.4, -0.2) is 32.4 Å². The molecular weight excluding hydrogens is 244 g/mol. The number of esters is 1. The molecule has 0 fully saturated rings. The quantitative estimate of drug-likeness (QED) is 0.747. The maximum atomic E-state index is 11.8. The molecule has 0 saturated carbocycles. The van der Waals surface area contributed by atoms with Gasteiger partial charge in [-0.05, 0) is 24.1 Å². The van der Waals surface area contributed by atoms with Crippen molar-refractivity contribution in [1.82, 2.24) is 0 Å². The van der Waals surface area contributed by atoms with Crippen molar-refractivity contribution < 1.29 is 23.1 Å². The highest BCUT2D eigenvalue weighted by molar-refractivity contribution is 7.91. The first-order valence-electron chi connectivity index (χ1n) is 5.09. The largest absolute Gasteiger partial charge is 0.465 e. The lowest BCUT2D eigenvalue weighted by Gasteiger charge is -2.21. The van der Waals surface area contributed by atoms with E-state index in [1.165, 1.54) is 25.3 Å². The van der Waals surface area contributed by atoms with E-state index in [2.05, 4.69) is 4.74 Å². The van der Waals surface area contributed by atoms with Crippen molar-refractivity contribution >= 4 is 15.8 Å². The molecule has 92 valence electrons. The van der Waals surface area contributed by atoms with Gasteiger partial charge in [-0.15, -0.1) is 0 Å². The third-order valence-electron chi connectivity index (χ3n) is 2.79. The Morgan fingerprint density at radius 1 is 1.47 bits per heavy atom. The van der Waals surface area contributed by atoms with Crippen molar-refractivity contribution in [1.29, 1.82) is 0 Å². The number of benzene rings is 1. The van der Waals surface area contributed by atoms with Crippen LogP contribution in [0.25, 0.3) is 0 Å². The Balaban J connectivity index is 2.60. The molecule has 0 aromatic heterocycles. The molecule has 1 aliphatic rings. The summed E-state index contributed by atoms with van der Waals surface area (Å²) in [6.07, 6.45) is -0.604. The maximum absolute atomic E-state index is 11.8. The van der Waals surface area contributed by atoms with Crippen molar-refractivity contribution in [3.63, 3.8) is 0 Å². The first-order chi connectivity index (χ1) is 7.95. The Kier molecular flexibility index (Phi) is 2.92. The summed E-state index contributed by atoms with van der Waals surface area (Å²) in [5.74, 6) is -0.700. The van der Waals surface area contributed by atoms with Crippen molar-refractivity contribution in [3.05, 3.63) is 29.3 Å². The summed E-state index contributed by atoms with van der Waals surface area (Å²) < 4.78 is 28.2. The number of aliphatic hydroxyl groups is 1. The summed E-state index contributed by atoms with van der Waals surface area (Å²) >= 11 is 0. The molecule has 1 aliphatic heterocycles. The predicted octanol–water partition coefficient (Wildman–Crippen LogP) is 0.684. The number of carbonyl (C=O) groups excluding carboxylic acids is 1. The zero-order valence-corrected chi connectivity index (χ0v) is 10.0. The number of hydrogen-bond donors (Lipinski definition) is 1. The maximum Gasteiger partial charge on any atom is 0.337 e. The molecule has 5 nitrogen and oxygen atoms in total. The third-order valence-corrected chi connectivity index (χ3v) is 4.59. The fraction of sp³-hybridized carbons (Fsp3) is 0.364. The molecule has 0 bridgehead atoms. The number of sulfone groups is 1. The van der Waals surface area contributed by atoms with Gasteiger partial charge in [0.2, 0.25) is 0 Å². The molecule has 0 saturated heterocycles. The first-order valence-corrected chi connectivity index (χ1v) is 6.74. The minimum atomic E-state index is -3.41. The van der Waals surface area contributed by atoms with Crippen LogP contribution in [-0.2, 0) is 14.6 Å². The predicted molar refractivity (Wildman–Crippen MR) is 59.4 cm³/mol. The summed E-state index contributed by atoms with van der Waals surface area (Å²) in [7, 11) is -2.18. The number of ether oxygens (including phenoxy) is 1. The van der Waals surface area contributed by atoms with Crippen LogP contribution in [0.15, 0.2) is 23.1 Å². The molecule has 1 unspecified atom stereocenters. The Morgan fingerprint density at radius 3 is 2.82 bits per heavy atom.